The number of fused-ring (bicyclic) bond motifs is 1. The summed E-state index contributed by atoms with van der Waals surface area (Å²) in [5, 5.41) is 10.2. The number of nitrogens with zero attached hydrogens (tertiary/aromatic N) is 1. The zero-order chi connectivity index (χ0) is 18.2. The van der Waals surface area contributed by atoms with Gasteiger partial charge in [0.2, 0.25) is 0 Å². The summed E-state index contributed by atoms with van der Waals surface area (Å²) in [6.45, 7) is 0. The van der Waals surface area contributed by atoms with Gasteiger partial charge in [-0.1, -0.05) is 29.3 Å². The molecule has 0 aliphatic heterocycles. The van der Waals surface area contributed by atoms with Crippen molar-refractivity contribution in [2.45, 2.75) is 37.5 Å². The second-order valence-corrected chi connectivity index (χ2v) is 6.91. The van der Waals surface area contributed by atoms with Crippen molar-refractivity contribution in [2.24, 2.45) is 0 Å². The lowest BCUT2D eigenvalue weighted by molar-refractivity contribution is -0.133. The summed E-state index contributed by atoms with van der Waals surface area (Å²) in [5.74, 6) is -1.31. The maximum Gasteiger partial charge on any atom is 0.195 e. The lowest BCUT2D eigenvalue weighted by Crippen LogP contribution is -2.37. The van der Waals surface area contributed by atoms with Crippen LogP contribution >= 0.6 is 23.2 Å². The fourth-order valence-corrected chi connectivity index (χ4v) is 3.73. The van der Waals surface area contributed by atoms with Crippen LogP contribution in [0, 0.1) is 5.82 Å². The molecule has 0 amide bonds. The summed E-state index contributed by atoms with van der Waals surface area (Å²) in [6, 6.07) is 5.47. The molecular weight excluding hydrogens is 371 g/mol. The molecule has 0 radical (unpaired) electrons. The van der Waals surface area contributed by atoms with E-state index in [4.69, 9.17) is 23.2 Å². The second-order valence-electron chi connectivity index (χ2n) is 6.06. The van der Waals surface area contributed by atoms with Crippen LogP contribution in [0.4, 0.5) is 8.78 Å². The second kappa shape index (κ2) is 6.98. The Bertz CT molecular complexity index is 807. The van der Waals surface area contributed by atoms with Gasteiger partial charge in [-0.2, -0.15) is 0 Å². The van der Waals surface area contributed by atoms with Gasteiger partial charge in [0.05, 0.1) is 11.8 Å². The van der Waals surface area contributed by atoms with E-state index in [1.165, 1.54) is 24.4 Å². The van der Waals surface area contributed by atoms with Crippen molar-refractivity contribution >= 4 is 29.0 Å². The third kappa shape index (κ3) is 3.41. The Hall–Kier alpha value is -1.56. The molecule has 0 saturated carbocycles. The first-order valence-electron chi connectivity index (χ1n) is 7.82. The smallest absolute Gasteiger partial charge is 0.195 e. The van der Waals surface area contributed by atoms with E-state index in [-0.39, 0.29) is 52.5 Å². The van der Waals surface area contributed by atoms with Crippen LogP contribution in [0.5, 0.6) is 0 Å². The predicted octanol–water partition coefficient (Wildman–Crippen LogP) is 4.72. The van der Waals surface area contributed by atoms with Crippen LogP contribution in [0.1, 0.15) is 42.2 Å². The number of aromatic nitrogens is 1. The number of benzene rings is 1. The number of pyridine rings is 1. The van der Waals surface area contributed by atoms with E-state index in [2.05, 4.69) is 4.98 Å². The van der Waals surface area contributed by atoms with Crippen molar-refractivity contribution in [1.82, 2.24) is 4.98 Å². The van der Waals surface area contributed by atoms with Crippen LogP contribution in [0.25, 0.3) is 0 Å². The van der Waals surface area contributed by atoms with Crippen molar-refractivity contribution in [2.75, 3.05) is 0 Å². The number of alkyl halides is 1. The number of aliphatic hydroxyl groups is 1. The van der Waals surface area contributed by atoms with Crippen molar-refractivity contribution in [1.29, 1.82) is 0 Å². The maximum atomic E-state index is 15.5. The number of ketones is 1. The minimum atomic E-state index is -2.24. The molecule has 1 N–H and O–H groups in total. The number of carbonyl (C=O) groups excluding carboxylic acids is 1. The molecule has 132 valence electrons. The molecule has 0 fully saturated rings. The predicted molar refractivity (Wildman–Crippen MR) is 91.0 cm³/mol. The molecule has 0 unspecified atom stereocenters. The molecule has 1 heterocycles. The van der Waals surface area contributed by atoms with E-state index >= 15 is 4.39 Å². The molecule has 1 aliphatic rings. The molecule has 2 aromatic rings. The highest BCUT2D eigenvalue weighted by Crippen LogP contribution is 2.43. The van der Waals surface area contributed by atoms with E-state index in [9.17, 15) is 14.3 Å². The minimum Gasteiger partial charge on any atom is -0.387 e. The standard InChI is InChI=1S/C18H15Cl2F2NO2/c19-10-8-13(20)11(14(21)9-10)3-4-16(25)18(22)6-5-15(24)17-12(18)2-1-7-23-17/h1-2,7-9,15,24H,3-6H2/t15-,18-/m1/s1. The monoisotopic (exact) mass is 385 g/mol. The zero-order valence-corrected chi connectivity index (χ0v) is 14.6. The third-order valence-electron chi connectivity index (χ3n) is 4.49. The molecule has 0 bridgehead atoms. The molecule has 3 rings (SSSR count). The Kier molecular flexibility index (Phi) is 5.09. The van der Waals surface area contributed by atoms with Gasteiger partial charge in [-0.05, 0) is 37.5 Å². The van der Waals surface area contributed by atoms with Crippen LogP contribution in [0.2, 0.25) is 10.0 Å². The van der Waals surface area contributed by atoms with Crippen molar-refractivity contribution in [3.05, 3.63) is 63.1 Å². The third-order valence-corrected chi connectivity index (χ3v) is 5.05. The van der Waals surface area contributed by atoms with Crippen molar-refractivity contribution < 1.29 is 18.7 Å². The number of aliphatic hydroxyl groups excluding tert-OH is 1. The highest BCUT2D eigenvalue weighted by Gasteiger charge is 2.45. The molecule has 1 aliphatic carbocycles. The maximum absolute atomic E-state index is 15.5. The fraction of sp³-hybridized carbons (Fsp3) is 0.333. The molecule has 7 heteroatoms. The van der Waals surface area contributed by atoms with Crippen molar-refractivity contribution in [3.8, 4) is 0 Å². The molecule has 1 aromatic carbocycles. The molecule has 1 aromatic heterocycles. The van der Waals surface area contributed by atoms with E-state index in [0.29, 0.717) is 0 Å². The highest BCUT2D eigenvalue weighted by atomic mass is 35.5. The Morgan fingerprint density at radius 1 is 1.40 bits per heavy atom. The number of hydrogen-bond acceptors (Lipinski definition) is 3. The van der Waals surface area contributed by atoms with Gasteiger partial charge in [0.15, 0.2) is 11.5 Å². The van der Waals surface area contributed by atoms with Gasteiger partial charge >= 0.3 is 0 Å². The van der Waals surface area contributed by atoms with Crippen LogP contribution in [0.15, 0.2) is 30.5 Å². The first kappa shape index (κ1) is 18.2. The summed E-state index contributed by atoms with van der Waals surface area (Å²) in [4.78, 5) is 16.6. The summed E-state index contributed by atoms with van der Waals surface area (Å²) in [6.07, 6.45) is 0.256. The average Bonchev–Trinajstić information content (AvgIpc) is 2.57. The minimum absolute atomic E-state index is 0.0372. The highest BCUT2D eigenvalue weighted by molar-refractivity contribution is 6.35. The summed E-state index contributed by atoms with van der Waals surface area (Å²) in [5.41, 5.74) is -1.84. The van der Waals surface area contributed by atoms with Gasteiger partial charge < -0.3 is 5.11 Å². The van der Waals surface area contributed by atoms with Crippen LogP contribution in [-0.4, -0.2) is 15.9 Å². The number of hydrogen-bond donors (Lipinski definition) is 1. The zero-order valence-electron chi connectivity index (χ0n) is 13.1. The first-order valence-corrected chi connectivity index (χ1v) is 8.57. The lowest BCUT2D eigenvalue weighted by atomic mass is 9.77. The Labute approximate surface area is 153 Å². The lowest BCUT2D eigenvalue weighted by Gasteiger charge is -2.32. The SMILES string of the molecule is O=C(CCc1c(F)cc(Cl)cc1Cl)[C@@]1(F)CC[C@@H](O)c2ncccc21. The van der Waals surface area contributed by atoms with E-state index < -0.39 is 23.4 Å². The molecule has 0 saturated heterocycles. The molecular formula is C18H15Cl2F2NO2. The number of Topliss-reactive ketones (excluding diaryl/α,β-unsaturated/α-hetero) is 1. The van der Waals surface area contributed by atoms with Crippen LogP contribution < -0.4 is 0 Å². The normalized spacial score (nSPS) is 22.5. The first-order chi connectivity index (χ1) is 11.8. The summed E-state index contributed by atoms with van der Waals surface area (Å²) in [7, 11) is 0. The summed E-state index contributed by atoms with van der Waals surface area (Å²) < 4.78 is 29.4. The van der Waals surface area contributed by atoms with Gasteiger partial charge in [-0.25, -0.2) is 8.78 Å². The van der Waals surface area contributed by atoms with E-state index in [1.54, 1.807) is 0 Å². The quantitative estimate of drug-likeness (QED) is 0.827. The largest absolute Gasteiger partial charge is 0.387 e. The molecule has 3 nitrogen and oxygen atoms in total. The number of rotatable bonds is 4. The topological polar surface area (TPSA) is 50.2 Å². The van der Waals surface area contributed by atoms with Crippen LogP contribution in [-0.2, 0) is 16.9 Å². The van der Waals surface area contributed by atoms with E-state index in [1.807, 2.05) is 0 Å². The number of halogens is 4. The van der Waals surface area contributed by atoms with Crippen molar-refractivity contribution in [3.63, 3.8) is 0 Å². The van der Waals surface area contributed by atoms with Gasteiger partial charge in [-0.3, -0.25) is 9.78 Å². The Morgan fingerprint density at radius 2 is 2.16 bits per heavy atom. The van der Waals surface area contributed by atoms with Gasteiger partial charge in [0.25, 0.3) is 0 Å². The summed E-state index contributed by atoms with van der Waals surface area (Å²) >= 11 is 11.7. The molecule has 2 atom stereocenters. The van der Waals surface area contributed by atoms with Gasteiger partial charge in [-0.15, -0.1) is 0 Å². The Morgan fingerprint density at radius 3 is 2.88 bits per heavy atom. The average molecular weight is 386 g/mol. The van der Waals surface area contributed by atoms with E-state index in [0.717, 1.165) is 6.07 Å². The number of carbonyl (C=O) groups is 1. The van der Waals surface area contributed by atoms with Gasteiger partial charge in [0, 0.05) is 33.8 Å². The van der Waals surface area contributed by atoms with Gasteiger partial charge in [0.1, 0.15) is 5.82 Å². The fourth-order valence-electron chi connectivity index (χ4n) is 3.16. The molecule has 25 heavy (non-hydrogen) atoms. The molecule has 0 spiro atoms. The van der Waals surface area contributed by atoms with Crippen LogP contribution in [0.3, 0.4) is 0 Å². The Balaban J connectivity index is 1.84.